The summed E-state index contributed by atoms with van der Waals surface area (Å²) in [6, 6.07) is 3.62. The summed E-state index contributed by atoms with van der Waals surface area (Å²) in [7, 11) is 1.19. The highest BCUT2D eigenvalue weighted by atomic mass is 19.4. The third-order valence-corrected chi connectivity index (χ3v) is 2.10. The van der Waals surface area contributed by atoms with Gasteiger partial charge in [-0.1, -0.05) is 6.07 Å². The van der Waals surface area contributed by atoms with Crippen molar-refractivity contribution < 1.29 is 23.0 Å². The average molecular weight is 234 g/mol. The van der Waals surface area contributed by atoms with Gasteiger partial charge < -0.3 is 9.84 Å². The summed E-state index contributed by atoms with van der Waals surface area (Å²) in [4.78, 5) is 0. The second-order valence-electron chi connectivity index (χ2n) is 3.59. The highest BCUT2D eigenvalue weighted by molar-refractivity contribution is 5.39. The second-order valence-corrected chi connectivity index (χ2v) is 3.59. The Hall–Kier alpha value is -1.23. The van der Waals surface area contributed by atoms with Crippen LogP contribution in [-0.4, -0.2) is 18.3 Å². The zero-order valence-corrected chi connectivity index (χ0v) is 9.01. The molecule has 16 heavy (non-hydrogen) atoms. The number of halogens is 3. The van der Waals surface area contributed by atoms with E-state index < -0.39 is 17.8 Å². The van der Waals surface area contributed by atoms with Crippen molar-refractivity contribution in [3.8, 4) is 5.75 Å². The molecule has 0 aliphatic heterocycles. The summed E-state index contributed by atoms with van der Waals surface area (Å²) in [5, 5.41) is 9.14. The number of aliphatic hydroxyl groups excluding tert-OH is 1. The number of hydrogen-bond donors (Lipinski definition) is 1. The van der Waals surface area contributed by atoms with Crippen molar-refractivity contribution in [2.24, 2.45) is 0 Å². The maximum atomic E-state index is 12.5. The standard InChI is InChI=1S/C11H13F3O2/c1-7(15)5-8-3-4-9(11(12,13)14)10(6-8)16-2/h3-4,6-7,15H,5H2,1-2H3. The van der Waals surface area contributed by atoms with E-state index in [4.69, 9.17) is 9.84 Å². The lowest BCUT2D eigenvalue weighted by atomic mass is 10.1. The Bertz CT molecular complexity index is 359. The lowest BCUT2D eigenvalue weighted by molar-refractivity contribution is -0.138. The van der Waals surface area contributed by atoms with Crippen LogP contribution in [0, 0.1) is 0 Å². The Morgan fingerprint density at radius 2 is 2.00 bits per heavy atom. The molecule has 0 radical (unpaired) electrons. The largest absolute Gasteiger partial charge is 0.496 e. The quantitative estimate of drug-likeness (QED) is 0.871. The number of hydrogen-bond acceptors (Lipinski definition) is 2. The third-order valence-electron chi connectivity index (χ3n) is 2.10. The molecular weight excluding hydrogens is 221 g/mol. The number of methoxy groups -OCH3 is 1. The molecule has 1 unspecified atom stereocenters. The van der Waals surface area contributed by atoms with Crippen LogP contribution in [0.15, 0.2) is 18.2 Å². The van der Waals surface area contributed by atoms with Crippen LogP contribution in [0.1, 0.15) is 18.1 Å². The molecular formula is C11H13F3O2. The van der Waals surface area contributed by atoms with Gasteiger partial charge in [-0.15, -0.1) is 0 Å². The molecule has 0 aliphatic carbocycles. The van der Waals surface area contributed by atoms with Crippen molar-refractivity contribution in [2.75, 3.05) is 7.11 Å². The zero-order chi connectivity index (χ0) is 12.3. The van der Waals surface area contributed by atoms with Crippen molar-refractivity contribution in [3.63, 3.8) is 0 Å². The minimum absolute atomic E-state index is 0.217. The Kier molecular flexibility index (Phi) is 3.80. The van der Waals surface area contributed by atoms with Gasteiger partial charge in [-0.05, 0) is 31.0 Å². The third kappa shape index (κ3) is 3.13. The van der Waals surface area contributed by atoms with Crippen LogP contribution in [0.2, 0.25) is 0 Å². The Labute approximate surface area is 91.7 Å². The van der Waals surface area contributed by atoms with Crippen LogP contribution in [0.4, 0.5) is 13.2 Å². The van der Waals surface area contributed by atoms with E-state index in [-0.39, 0.29) is 5.75 Å². The van der Waals surface area contributed by atoms with E-state index in [1.165, 1.54) is 19.2 Å². The number of rotatable bonds is 3. The molecule has 0 saturated carbocycles. The van der Waals surface area contributed by atoms with Gasteiger partial charge in [-0.3, -0.25) is 0 Å². The van der Waals surface area contributed by atoms with E-state index in [0.717, 1.165) is 6.07 Å². The van der Waals surface area contributed by atoms with Crippen LogP contribution in [0.5, 0.6) is 5.75 Å². The number of alkyl halides is 3. The molecule has 0 fully saturated rings. The van der Waals surface area contributed by atoms with E-state index in [9.17, 15) is 13.2 Å². The predicted molar refractivity (Wildman–Crippen MR) is 53.4 cm³/mol. The fourth-order valence-electron chi connectivity index (χ4n) is 1.44. The Morgan fingerprint density at radius 1 is 1.38 bits per heavy atom. The molecule has 0 aliphatic rings. The first-order chi connectivity index (χ1) is 7.34. The summed E-state index contributed by atoms with van der Waals surface area (Å²) in [5.41, 5.74) is -0.191. The maximum Gasteiger partial charge on any atom is 0.419 e. The SMILES string of the molecule is COc1cc(CC(C)O)ccc1C(F)(F)F. The van der Waals surface area contributed by atoms with Gasteiger partial charge in [0.05, 0.1) is 18.8 Å². The lowest BCUT2D eigenvalue weighted by Crippen LogP contribution is -2.09. The van der Waals surface area contributed by atoms with Gasteiger partial charge in [0.1, 0.15) is 5.75 Å². The van der Waals surface area contributed by atoms with Crippen molar-refractivity contribution >= 4 is 0 Å². The minimum Gasteiger partial charge on any atom is -0.496 e. The van der Waals surface area contributed by atoms with E-state index in [1.807, 2.05) is 0 Å². The van der Waals surface area contributed by atoms with Gasteiger partial charge in [-0.25, -0.2) is 0 Å². The van der Waals surface area contributed by atoms with E-state index in [2.05, 4.69) is 0 Å². The second kappa shape index (κ2) is 4.74. The smallest absolute Gasteiger partial charge is 0.419 e. The molecule has 0 heterocycles. The van der Waals surface area contributed by atoms with E-state index in [0.29, 0.717) is 12.0 Å². The first kappa shape index (κ1) is 12.8. The first-order valence-electron chi connectivity index (χ1n) is 4.76. The highest BCUT2D eigenvalue weighted by Gasteiger charge is 2.34. The molecule has 5 heteroatoms. The van der Waals surface area contributed by atoms with Crippen molar-refractivity contribution in [3.05, 3.63) is 29.3 Å². The van der Waals surface area contributed by atoms with Gasteiger partial charge in [0, 0.05) is 0 Å². The summed E-state index contributed by atoms with van der Waals surface area (Å²) in [6.07, 6.45) is -4.72. The number of benzene rings is 1. The van der Waals surface area contributed by atoms with Crippen molar-refractivity contribution in [2.45, 2.75) is 25.6 Å². The van der Waals surface area contributed by atoms with Crippen molar-refractivity contribution in [1.82, 2.24) is 0 Å². The molecule has 1 aromatic carbocycles. The average Bonchev–Trinajstić information content (AvgIpc) is 2.14. The molecule has 0 bridgehead atoms. The summed E-state index contributed by atoms with van der Waals surface area (Å²) < 4.78 is 42.2. The number of aliphatic hydroxyl groups is 1. The summed E-state index contributed by atoms with van der Waals surface area (Å²) in [5.74, 6) is -0.217. The lowest BCUT2D eigenvalue weighted by Gasteiger charge is -2.13. The predicted octanol–water partition coefficient (Wildman–Crippen LogP) is 2.64. The fraction of sp³-hybridized carbons (Fsp3) is 0.455. The van der Waals surface area contributed by atoms with Crippen LogP contribution in [0.3, 0.4) is 0 Å². The molecule has 1 atom stereocenters. The van der Waals surface area contributed by atoms with Gasteiger partial charge >= 0.3 is 6.18 Å². The van der Waals surface area contributed by atoms with Crippen molar-refractivity contribution in [1.29, 1.82) is 0 Å². The molecule has 1 N–H and O–H groups in total. The molecule has 90 valence electrons. The normalized spacial score (nSPS) is 13.6. The van der Waals surface area contributed by atoms with E-state index in [1.54, 1.807) is 6.92 Å². The minimum atomic E-state index is -4.42. The van der Waals surface area contributed by atoms with Gasteiger partial charge in [-0.2, -0.15) is 13.2 Å². The summed E-state index contributed by atoms with van der Waals surface area (Å²) in [6.45, 7) is 1.57. The summed E-state index contributed by atoms with van der Waals surface area (Å²) >= 11 is 0. The molecule has 0 aromatic heterocycles. The molecule has 1 aromatic rings. The van der Waals surface area contributed by atoms with Gasteiger partial charge in [0.25, 0.3) is 0 Å². The van der Waals surface area contributed by atoms with Crippen LogP contribution < -0.4 is 4.74 Å². The van der Waals surface area contributed by atoms with E-state index >= 15 is 0 Å². The molecule has 0 spiro atoms. The van der Waals surface area contributed by atoms with Crippen LogP contribution >= 0.6 is 0 Å². The monoisotopic (exact) mass is 234 g/mol. The molecule has 0 saturated heterocycles. The molecule has 0 amide bonds. The zero-order valence-electron chi connectivity index (χ0n) is 9.01. The number of ether oxygens (including phenoxy) is 1. The highest BCUT2D eigenvalue weighted by Crippen LogP contribution is 2.36. The topological polar surface area (TPSA) is 29.5 Å². The molecule has 1 rings (SSSR count). The van der Waals surface area contributed by atoms with Gasteiger partial charge in [0.2, 0.25) is 0 Å². The Balaban J connectivity index is 3.07. The Morgan fingerprint density at radius 3 is 2.44 bits per heavy atom. The molecule has 2 nitrogen and oxygen atoms in total. The maximum absolute atomic E-state index is 12.5. The van der Waals surface area contributed by atoms with Crippen LogP contribution in [0.25, 0.3) is 0 Å². The van der Waals surface area contributed by atoms with Gasteiger partial charge in [0.15, 0.2) is 0 Å². The van der Waals surface area contributed by atoms with Crippen LogP contribution in [-0.2, 0) is 12.6 Å². The fourth-order valence-corrected chi connectivity index (χ4v) is 1.44. The first-order valence-corrected chi connectivity index (χ1v) is 4.76.